The predicted octanol–water partition coefficient (Wildman–Crippen LogP) is 6.41. The highest BCUT2D eigenvalue weighted by Crippen LogP contribution is 2.45. The molecule has 0 saturated carbocycles. The Balaban J connectivity index is 1.66. The van der Waals surface area contributed by atoms with E-state index >= 15 is 0 Å². The van der Waals surface area contributed by atoms with Gasteiger partial charge in [-0.1, -0.05) is 128 Å². The average Bonchev–Trinajstić information content (AvgIpc) is 3.31. The molecule has 0 bridgehead atoms. The van der Waals surface area contributed by atoms with E-state index in [0.717, 1.165) is 17.1 Å². The van der Waals surface area contributed by atoms with E-state index in [1.54, 1.807) is 0 Å². The number of benzene rings is 4. The standard InChI is InChI=1S/C34H29BO/c1-33(2)24-18-11-12-21-27(24)35-29-25(33)19-13-20-26(29)34(3,4)32-30(35)28(22-14-7-5-8-15-22)31(36-32)23-16-9-6-10-17-23/h5-21H,1-4H3. The summed E-state index contributed by atoms with van der Waals surface area (Å²) in [6, 6.07) is 37.4. The minimum atomic E-state index is -0.254. The molecule has 2 aliphatic heterocycles. The Labute approximate surface area is 213 Å². The Morgan fingerprint density at radius 2 is 1.08 bits per heavy atom. The number of hydrogen-bond donors (Lipinski definition) is 0. The molecule has 2 aliphatic rings. The van der Waals surface area contributed by atoms with Crippen LogP contribution in [0.15, 0.2) is 108 Å². The van der Waals surface area contributed by atoms with Crippen LogP contribution in [0.4, 0.5) is 0 Å². The molecule has 7 rings (SSSR count). The number of furan rings is 1. The summed E-state index contributed by atoms with van der Waals surface area (Å²) < 4.78 is 7.01. The lowest BCUT2D eigenvalue weighted by Gasteiger charge is -2.45. The number of rotatable bonds is 2. The van der Waals surface area contributed by atoms with Gasteiger partial charge in [-0.25, -0.2) is 0 Å². The molecule has 0 aliphatic carbocycles. The molecule has 0 atom stereocenters. The first-order valence-corrected chi connectivity index (χ1v) is 12.9. The van der Waals surface area contributed by atoms with Gasteiger partial charge in [0.2, 0.25) is 6.71 Å². The molecule has 0 amide bonds. The smallest absolute Gasteiger partial charge is 0.247 e. The first-order valence-electron chi connectivity index (χ1n) is 12.9. The van der Waals surface area contributed by atoms with Crippen LogP contribution in [0.3, 0.4) is 0 Å². The summed E-state index contributed by atoms with van der Waals surface area (Å²) in [6.45, 7) is 9.56. The molecule has 0 unspecified atom stereocenters. The molecule has 0 saturated heterocycles. The third-order valence-electron chi connectivity index (χ3n) is 8.59. The van der Waals surface area contributed by atoms with E-state index in [1.165, 1.54) is 44.2 Å². The molecular formula is C34H29BO. The van der Waals surface area contributed by atoms with Gasteiger partial charge in [0.25, 0.3) is 0 Å². The van der Waals surface area contributed by atoms with Crippen molar-refractivity contribution in [2.24, 2.45) is 0 Å². The Hall–Kier alpha value is -3.78. The highest BCUT2D eigenvalue weighted by Gasteiger charge is 2.51. The Morgan fingerprint density at radius 3 is 1.78 bits per heavy atom. The van der Waals surface area contributed by atoms with E-state index in [0.29, 0.717) is 0 Å². The van der Waals surface area contributed by atoms with Crippen molar-refractivity contribution in [1.29, 1.82) is 0 Å². The fraction of sp³-hybridized carbons (Fsp3) is 0.176. The monoisotopic (exact) mass is 464 g/mol. The lowest BCUT2D eigenvalue weighted by Crippen LogP contribution is -2.66. The van der Waals surface area contributed by atoms with Crippen molar-refractivity contribution in [3.63, 3.8) is 0 Å². The van der Waals surface area contributed by atoms with Crippen LogP contribution in [0, 0.1) is 0 Å². The average molecular weight is 464 g/mol. The molecule has 4 aromatic carbocycles. The van der Waals surface area contributed by atoms with Crippen LogP contribution in [0.25, 0.3) is 22.5 Å². The lowest BCUT2D eigenvalue weighted by atomic mass is 9.27. The van der Waals surface area contributed by atoms with Gasteiger partial charge >= 0.3 is 0 Å². The Kier molecular flexibility index (Phi) is 4.40. The van der Waals surface area contributed by atoms with Gasteiger partial charge in [0, 0.05) is 22.0 Å². The maximum Gasteiger partial charge on any atom is 0.247 e. The quantitative estimate of drug-likeness (QED) is 0.275. The first kappa shape index (κ1) is 21.5. The fourth-order valence-corrected chi connectivity index (χ4v) is 6.87. The molecule has 3 heterocycles. The van der Waals surface area contributed by atoms with Crippen molar-refractivity contribution < 1.29 is 4.42 Å². The molecule has 1 aromatic heterocycles. The van der Waals surface area contributed by atoms with Crippen molar-refractivity contribution in [2.45, 2.75) is 38.5 Å². The summed E-state index contributed by atoms with van der Waals surface area (Å²) in [5.74, 6) is 2.06. The molecule has 0 fully saturated rings. The van der Waals surface area contributed by atoms with E-state index in [1.807, 2.05) is 0 Å². The van der Waals surface area contributed by atoms with Gasteiger partial charge in [-0.3, -0.25) is 0 Å². The molecular weight excluding hydrogens is 435 g/mol. The van der Waals surface area contributed by atoms with E-state index in [2.05, 4.69) is 131 Å². The highest BCUT2D eigenvalue weighted by atomic mass is 16.3. The van der Waals surface area contributed by atoms with Crippen LogP contribution < -0.4 is 16.4 Å². The molecule has 0 N–H and O–H groups in total. The molecule has 5 aromatic rings. The maximum absolute atomic E-state index is 7.01. The third-order valence-corrected chi connectivity index (χ3v) is 8.59. The highest BCUT2D eigenvalue weighted by molar-refractivity contribution is 6.98. The topological polar surface area (TPSA) is 13.1 Å². The van der Waals surface area contributed by atoms with Gasteiger partial charge in [0.05, 0.1) is 0 Å². The van der Waals surface area contributed by atoms with Crippen molar-refractivity contribution >= 4 is 23.1 Å². The summed E-state index contributed by atoms with van der Waals surface area (Å²) in [5, 5.41) is 0. The van der Waals surface area contributed by atoms with E-state index in [-0.39, 0.29) is 17.5 Å². The summed E-state index contributed by atoms with van der Waals surface area (Å²) in [5.41, 5.74) is 11.7. The minimum absolute atomic E-state index is 0.0646. The first-order chi connectivity index (χ1) is 17.4. The molecule has 36 heavy (non-hydrogen) atoms. The molecule has 0 spiro atoms. The molecule has 174 valence electrons. The SMILES string of the molecule is CC1(C)c2ccccc2B2c3c1cccc3C(C)(C)c1oc(-c3ccccc3)c(-c3ccccc3)c12. The zero-order valence-electron chi connectivity index (χ0n) is 21.3. The normalized spacial score (nSPS) is 16.2. The van der Waals surface area contributed by atoms with E-state index in [4.69, 9.17) is 4.42 Å². The second-order valence-corrected chi connectivity index (χ2v) is 11.3. The van der Waals surface area contributed by atoms with Crippen LogP contribution in [0.1, 0.15) is 50.1 Å². The van der Waals surface area contributed by atoms with Crippen LogP contribution >= 0.6 is 0 Å². The van der Waals surface area contributed by atoms with Gasteiger partial charge in [0.15, 0.2) is 0 Å². The maximum atomic E-state index is 7.01. The van der Waals surface area contributed by atoms with Gasteiger partial charge in [-0.15, -0.1) is 0 Å². The van der Waals surface area contributed by atoms with E-state index < -0.39 is 0 Å². The Bertz CT molecular complexity index is 1620. The van der Waals surface area contributed by atoms with Gasteiger partial charge in [0.1, 0.15) is 11.5 Å². The number of hydrogen-bond acceptors (Lipinski definition) is 1. The number of fused-ring (bicyclic) bond motifs is 4. The second-order valence-electron chi connectivity index (χ2n) is 11.3. The second kappa shape index (κ2) is 7.37. The summed E-state index contributed by atoms with van der Waals surface area (Å²) in [7, 11) is 0. The fourth-order valence-electron chi connectivity index (χ4n) is 6.87. The lowest BCUT2D eigenvalue weighted by molar-refractivity contribution is 0.440. The third kappa shape index (κ3) is 2.73. The van der Waals surface area contributed by atoms with Crippen LogP contribution in [0.5, 0.6) is 0 Å². The molecule has 2 heteroatoms. The van der Waals surface area contributed by atoms with Crippen molar-refractivity contribution in [3.05, 3.63) is 126 Å². The molecule has 0 radical (unpaired) electrons. The van der Waals surface area contributed by atoms with Gasteiger partial charge in [-0.2, -0.15) is 0 Å². The van der Waals surface area contributed by atoms with Crippen molar-refractivity contribution in [3.8, 4) is 22.5 Å². The summed E-state index contributed by atoms with van der Waals surface area (Å²) in [6.07, 6.45) is 0. The zero-order valence-corrected chi connectivity index (χ0v) is 21.3. The Morgan fingerprint density at radius 1 is 0.528 bits per heavy atom. The zero-order chi connectivity index (χ0) is 24.7. The van der Waals surface area contributed by atoms with Gasteiger partial charge < -0.3 is 4.42 Å². The van der Waals surface area contributed by atoms with Gasteiger partial charge in [-0.05, 0) is 41.6 Å². The minimum Gasteiger partial charge on any atom is -0.460 e. The summed E-state index contributed by atoms with van der Waals surface area (Å²) in [4.78, 5) is 0. The van der Waals surface area contributed by atoms with E-state index in [9.17, 15) is 0 Å². The van der Waals surface area contributed by atoms with Crippen LogP contribution in [-0.4, -0.2) is 6.71 Å². The predicted molar refractivity (Wildman–Crippen MR) is 151 cm³/mol. The van der Waals surface area contributed by atoms with Crippen LogP contribution in [0.2, 0.25) is 0 Å². The molecule has 1 nitrogen and oxygen atoms in total. The largest absolute Gasteiger partial charge is 0.460 e. The van der Waals surface area contributed by atoms with Crippen molar-refractivity contribution in [2.75, 3.05) is 0 Å². The van der Waals surface area contributed by atoms with Crippen LogP contribution in [-0.2, 0) is 10.8 Å². The summed E-state index contributed by atoms with van der Waals surface area (Å²) >= 11 is 0. The van der Waals surface area contributed by atoms with Crippen molar-refractivity contribution in [1.82, 2.24) is 0 Å².